The molecule has 0 bridgehead atoms. The highest BCUT2D eigenvalue weighted by atomic mass is 32.1. The van der Waals surface area contributed by atoms with Crippen LogP contribution in [0.5, 0.6) is 0 Å². The van der Waals surface area contributed by atoms with Gasteiger partial charge in [0.25, 0.3) is 0 Å². The Labute approximate surface area is 127 Å². The molecule has 0 atom stereocenters. The van der Waals surface area contributed by atoms with E-state index >= 15 is 0 Å². The summed E-state index contributed by atoms with van der Waals surface area (Å²) < 4.78 is 18.2. The smallest absolute Gasteiger partial charge is 0.311 e. The highest BCUT2D eigenvalue weighted by Crippen LogP contribution is 2.28. The molecular weight excluding hydrogens is 291 g/mol. The summed E-state index contributed by atoms with van der Waals surface area (Å²) in [6.45, 7) is 4.76. The van der Waals surface area contributed by atoms with E-state index in [1.807, 2.05) is 23.3 Å². The molecule has 112 valence electrons. The molecule has 0 saturated carbocycles. The van der Waals surface area contributed by atoms with Crippen LogP contribution in [0.15, 0.2) is 29.6 Å². The zero-order valence-corrected chi connectivity index (χ0v) is 12.8. The predicted octanol–water partition coefficient (Wildman–Crippen LogP) is 3.55. The number of halogens is 1. The summed E-state index contributed by atoms with van der Waals surface area (Å²) in [6.07, 6.45) is 0.158. The normalized spacial score (nSPS) is 10.4. The molecule has 1 aromatic heterocycles. The molecule has 2 rings (SSSR count). The van der Waals surface area contributed by atoms with E-state index in [4.69, 9.17) is 4.74 Å². The Balaban J connectivity index is 2.16. The van der Waals surface area contributed by atoms with Crippen molar-refractivity contribution < 1.29 is 13.9 Å². The monoisotopic (exact) mass is 308 g/mol. The summed E-state index contributed by atoms with van der Waals surface area (Å²) in [6, 6.07) is 6.38. The molecule has 0 spiro atoms. The van der Waals surface area contributed by atoms with Gasteiger partial charge in [-0.2, -0.15) is 0 Å². The van der Waals surface area contributed by atoms with Crippen LogP contribution in [0.1, 0.15) is 19.5 Å². The van der Waals surface area contributed by atoms with E-state index in [9.17, 15) is 9.18 Å². The second-order valence-corrected chi connectivity index (χ2v) is 5.16. The van der Waals surface area contributed by atoms with Crippen LogP contribution in [0.25, 0.3) is 0 Å². The molecule has 0 fully saturated rings. The first-order valence-electron chi connectivity index (χ1n) is 6.77. The largest absolute Gasteiger partial charge is 0.466 e. The van der Waals surface area contributed by atoms with Crippen molar-refractivity contribution in [1.82, 2.24) is 4.98 Å². The summed E-state index contributed by atoms with van der Waals surface area (Å²) in [5.41, 5.74) is 1.41. The molecule has 21 heavy (non-hydrogen) atoms. The average Bonchev–Trinajstić information content (AvgIpc) is 2.88. The molecule has 0 aliphatic carbocycles. The van der Waals surface area contributed by atoms with Crippen molar-refractivity contribution >= 4 is 28.1 Å². The first-order valence-corrected chi connectivity index (χ1v) is 7.65. The third-order valence-electron chi connectivity index (χ3n) is 2.84. The van der Waals surface area contributed by atoms with Crippen LogP contribution in [0, 0.1) is 5.82 Å². The van der Waals surface area contributed by atoms with Crippen molar-refractivity contribution in [3.05, 3.63) is 41.2 Å². The number of nitrogens with zero attached hydrogens (tertiary/aromatic N) is 2. The Morgan fingerprint density at radius 2 is 2.24 bits per heavy atom. The Hall–Kier alpha value is -1.95. The lowest BCUT2D eigenvalue weighted by Gasteiger charge is -2.19. The summed E-state index contributed by atoms with van der Waals surface area (Å²) in [5.74, 6) is -0.572. The Kier molecular flexibility index (Phi) is 5.27. The van der Waals surface area contributed by atoms with E-state index in [1.165, 1.54) is 23.5 Å². The number of rotatable bonds is 6. The minimum absolute atomic E-state index is 0.158. The zero-order valence-electron chi connectivity index (χ0n) is 12.0. The van der Waals surface area contributed by atoms with Crippen LogP contribution in [0.2, 0.25) is 0 Å². The summed E-state index contributed by atoms with van der Waals surface area (Å²) >= 11 is 1.43. The van der Waals surface area contributed by atoms with E-state index in [-0.39, 0.29) is 18.2 Å². The molecular formula is C15H17FN2O2S. The van der Waals surface area contributed by atoms with Gasteiger partial charge in [0.15, 0.2) is 5.13 Å². The highest BCUT2D eigenvalue weighted by Gasteiger charge is 2.14. The second kappa shape index (κ2) is 7.17. The summed E-state index contributed by atoms with van der Waals surface area (Å²) in [5, 5.41) is 2.57. The predicted molar refractivity (Wildman–Crippen MR) is 81.5 cm³/mol. The van der Waals surface area contributed by atoms with Gasteiger partial charge in [-0.25, -0.2) is 9.37 Å². The van der Waals surface area contributed by atoms with E-state index < -0.39 is 0 Å². The molecule has 6 heteroatoms. The van der Waals surface area contributed by atoms with Crippen LogP contribution >= 0.6 is 11.3 Å². The molecule has 2 aromatic rings. The number of esters is 1. The van der Waals surface area contributed by atoms with Crippen LogP contribution in [-0.2, 0) is 16.0 Å². The first-order chi connectivity index (χ1) is 10.1. The minimum Gasteiger partial charge on any atom is -0.466 e. The Bertz CT molecular complexity index is 615. The van der Waals surface area contributed by atoms with Gasteiger partial charge in [-0.15, -0.1) is 11.3 Å². The van der Waals surface area contributed by atoms with Crippen molar-refractivity contribution in [3.8, 4) is 0 Å². The van der Waals surface area contributed by atoms with Crippen LogP contribution in [0.3, 0.4) is 0 Å². The number of ether oxygens (including phenoxy) is 1. The van der Waals surface area contributed by atoms with Gasteiger partial charge in [-0.05, 0) is 32.0 Å². The van der Waals surface area contributed by atoms with Crippen LogP contribution in [0.4, 0.5) is 15.2 Å². The van der Waals surface area contributed by atoms with Gasteiger partial charge in [0.05, 0.1) is 18.7 Å². The topological polar surface area (TPSA) is 42.4 Å². The molecule has 0 saturated heterocycles. The number of anilines is 2. The van der Waals surface area contributed by atoms with Crippen molar-refractivity contribution in [2.75, 3.05) is 18.1 Å². The van der Waals surface area contributed by atoms with E-state index in [0.717, 1.165) is 10.8 Å². The van der Waals surface area contributed by atoms with Crippen molar-refractivity contribution in [2.45, 2.75) is 20.3 Å². The third kappa shape index (κ3) is 4.01. The van der Waals surface area contributed by atoms with Gasteiger partial charge >= 0.3 is 5.97 Å². The SMILES string of the molecule is CCOC(=O)Cc1csc(N(CC)c2cccc(F)c2)n1. The van der Waals surface area contributed by atoms with Crippen molar-refractivity contribution in [1.29, 1.82) is 0 Å². The maximum Gasteiger partial charge on any atom is 0.311 e. The third-order valence-corrected chi connectivity index (χ3v) is 3.75. The number of aromatic nitrogens is 1. The summed E-state index contributed by atoms with van der Waals surface area (Å²) in [7, 11) is 0. The molecule has 0 amide bonds. The standard InChI is InChI=1S/C15H17FN2O2S/c1-3-18(13-7-5-6-11(16)8-13)15-17-12(10-21-15)9-14(19)20-4-2/h5-8,10H,3-4,9H2,1-2H3. The molecule has 0 aliphatic heterocycles. The number of benzene rings is 1. The second-order valence-electron chi connectivity index (χ2n) is 4.33. The van der Waals surface area contributed by atoms with Gasteiger partial charge in [0.1, 0.15) is 5.82 Å². The molecule has 0 N–H and O–H groups in total. The number of hydrogen-bond donors (Lipinski definition) is 0. The van der Waals surface area contributed by atoms with Gasteiger partial charge in [0, 0.05) is 17.6 Å². The van der Waals surface area contributed by atoms with Crippen molar-refractivity contribution in [2.24, 2.45) is 0 Å². The Morgan fingerprint density at radius 1 is 1.43 bits per heavy atom. The van der Waals surface area contributed by atoms with E-state index in [2.05, 4.69) is 4.98 Å². The van der Waals surface area contributed by atoms with Gasteiger partial charge < -0.3 is 9.64 Å². The minimum atomic E-state index is -0.289. The lowest BCUT2D eigenvalue weighted by atomic mass is 10.3. The van der Waals surface area contributed by atoms with Crippen molar-refractivity contribution in [3.63, 3.8) is 0 Å². The van der Waals surface area contributed by atoms with Gasteiger partial charge in [-0.3, -0.25) is 4.79 Å². The molecule has 4 nitrogen and oxygen atoms in total. The van der Waals surface area contributed by atoms with Gasteiger partial charge in [-0.1, -0.05) is 6.07 Å². The van der Waals surface area contributed by atoms with Crippen LogP contribution in [-0.4, -0.2) is 24.1 Å². The zero-order chi connectivity index (χ0) is 15.2. The molecule has 0 aliphatic rings. The lowest BCUT2D eigenvalue weighted by Crippen LogP contribution is -2.16. The van der Waals surface area contributed by atoms with Gasteiger partial charge in [0.2, 0.25) is 0 Å². The van der Waals surface area contributed by atoms with Crippen LogP contribution < -0.4 is 4.90 Å². The average molecular weight is 308 g/mol. The van der Waals surface area contributed by atoms with E-state index in [1.54, 1.807) is 13.0 Å². The molecule has 1 heterocycles. The molecule has 0 radical (unpaired) electrons. The summed E-state index contributed by atoms with van der Waals surface area (Å²) in [4.78, 5) is 17.8. The fourth-order valence-corrected chi connectivity index (χ4v) is 2.84. The quantitative estimate of drug-likeness (QED) is 0.765. The first kappa shape index (κ1) is 15.4. The fraction of sp³-hybridized carbons (Fsp3) is 0.333. The lowest BCUT2D eigenvalue weighted by molar-refractivity contribution is -0.142. The van der Waals surface area contributed by atoms with E-state index in [0.29, 0.717) is 18.8 Å². The number of thiazole rings is 1. The fourth-order valence-electron chi connectivity index (χ4n) is 1.93. The number of carbonyl (C=O) groups excluding carboxylic acids is 1. The molecule has 1 aromatic carbocycles. The maximum atomic E-state index is 13.3. The highest BCUT2D eigenvalue weighted by molar-refractivity contribution is 7.13. The Morgan fingerprint density at radius 3 is 2.90 bits per heavy atom. The molecule has 0 unspecified atom stereocenters. The number of hydrogen-bond acceptors (Lipinski definition) is 5. The maximum absolute atomic E-state index is 13.3. The number of carbonyl (C=O) groups is 1.